The summed E-state index contributed by atoms with van der Waals surface area (Å²) in [5.41, 5.74) is 1.48. The maximum atomic E-state index is 13.8. The van der Waals surface area contributed by atoms with Gasteiger partial charge in [0.25, 0.3) is 5.91 Å². The Morgan fingerprint density at radius 1 is 0.944 bits per heavy atom. The van der Waals surface area contributed by atoms with Crippen LogP contribution < -0.4 is 9.80 Å². The molecule has 0 aromatic heterocycles. The highest BCUT2D eigenvalue weighted by atomic mass is 16.7. The average Bonchev–Trinajstić information content (AvgIpc) is 2.92. The van der Waals surface area contributed by atoms with E-state index in [1.807, 2.05) is 54.6 Å². The number of unbranched alkanes of at least 4 members (excludes halogenated alkanes) is 2. The van der Waals surface area contributed by atoms with E-state index in [4.69, 9.17) is 14.3 Å². The van der Waals surface area contributed by atoms with Gasteiger partial charge < -0.3 is 14.2 Å². The van der Waals surface area contributed by atoms with E-state index in [0.29, 0.717) is 37.8 Å². The molecule has 0 aliphatic carbocycles. The molecule has 0 N–H and O–H groups in total. The summed E-state index contributed by atoms with van der Waals surface area (Å²) in [6.45, 7) is 7.80. The second kappa shape index (κ2) is 16.3. The molecule has 2 aromatic carbocycles. The van der Waals surface area contributed by atoms with Crippen molar-refractivity contribution in [1.82, 2.24) is 0 Å². The molecule has 0 bridgehead atoms. The molecule has 2 aromatic rings. The largest absolute Gasteiger partial charge is 0.497 e. The van der Waals surface area contributed by atoms with Gasteiger partial charge in [-0.2, -0.15) is 5.06 Å². The third-order valence-corrected chi connectivity index (χ3v) is 5.56. The first kappa shape index (κ1) is 28.8. The number of carbonyl (C=O) groups excluding carboxylic acids is 2. The monoisotopic (exact) mass is 495 g/mol. The van der Waals surface area contributed by atoms with Crippen LogP contribution in [0.25, 0.3) is 0 Å². The van der Waals surface area contributed by atoms with Gasteiger partial charge in [0, 0.05) is 6.42 Å². The summed E-state index contributed by atoms with van der Waals surface area (Å²) in [6, 6.07) is 16.7. The Morgan fingerprint density at radius 2 is 1.67 bits per heavy atom. The number of hydrogen-bond donors (Lipinski definition) is 0. The molecule has 0 radical (unpaired) electrons. The average molecular weight is 496 g/mol. The summed E-state index contributed by atoms with van der Waals surface area (Å²) in [6.07, 6.45) is 5.69. The van der Waals surface area contributed by atoms with Crippen molar-refractivity contribution >= 4 is 17.6 Å². The molecule has 0 aliphatic heterocycles. The molecule has 1 amide bonds. The number of ether oxygens (including phenoxy) is 3. The number of esters is 1. The van der Waals surface area contributed by atoms with Gasteiger partial charge in [0.2, 0.25) is 0 Å². The van der Waals surface area contributed by atoms with Crippen LogP contribution in [0.4, 0.5) is 5.69 Å². The van der Waals surface area contributed by atoms with Gasteiger partial charge in [-0.25, -0.2) is 0 Å². The molecule has 2 unspecified atom stereocenters. The van der Waals surface area contributed by atoms with Gasteiger partial charge in [-0.1, -0.05) is 55.3 Å². The second-order valence-corrected chi connectivity index (χ2v) is 8.15. The van der Waals surface area contributed by atoms with E-state index in [1.54, 1.807) is 19.3 Å². The minimum absolute atomic E-state index is 0.232. The number of amides is 1. The zero-order chi connectivity index (χ0) is 26.2. The zero-order valence-corrected chi connectivity index (χ0v) is 21.3. The molecule has 0 fully saturated rings. The Bertz CT molecular complexity index is 944. The molecule has 0 saturated heterocycles. The molecule has 36 heavy (non-hydrogen) atoms. The van der Waals surface area contributed by atoms with E-state index in [1.165, 1.54) is 12.2 Å². The van der Waals surface area contributed by atoms with Crippen LogP contribution in [0.3, 0.4) is 0 Å². The van der Waals surface area contributed by atoms with Crippen LogP contribution in [-0.2, 0) is 23.9 Å². The highest BCUT2D eigenvalue weighted by Gasteiger charge is 2.29. The minimum atomic E-state index is -0.735. The second-order valence-electron chi connectivity index (χ2n) is 8.15. The van der Waals surface area contributed by atoms with Crippen LogP contribution in [0.5, 0.6) is 5.75 Å². The number of hydroxylamine groups is 1. The number of benzene rings is 2. The molecular formula is C29H37NO6. The molecule has 0 spiro atoms. The lowest BCUT2D eigenvalue weighted by atomic mass is 10.1. The molecule has 194 valence electrons. The van der Waals surface area contributed by atoms with Crippen molar-refractivity contribution in [3.05, 3.63) is 85.5 Å². The lowest BCUT2D eigenvalue weighted by Gasteiger charge is -2.30. The maximum absolute atomic E-state index is 13.8. The molecule has 7 nitrogen and oxygen atoms in total. The van der Waals surface area contributed by atoms with E-state index in [2.05, 4.69) is 17.9 Å². The van der Waals surface area contributed by atoms with E-state index in [9.17, 15) is 9.59 Å². The Labute approximate surface area is 214 Å². The number of carbonyl (C=O) groups is 2. The van der Waals surface area contributed by atoms with Crippen LogP contribution in [0, 0.1) is 0 Å². The Kier molecular flexibility index (Phi) is 13.0. The van der Waals surface area contributed by atoms with Gasteiger partial charge in [0.05, 0.1) is 26.5 Å². The molecule has 7 heteroatoms. The predicted octanol–water partition coefficient (Wildman–Crippen LogP) is 5.97. The minimum Gasteiger partial charge on any atom is -0.497 e. The van der Waals surface area contributed by atoms with Crippen LogP contribution in [0.15, 0.2) is 79.9 Å². The van der Waals surface area contributed by atoms with E-state index < -0.39 is 12.2 Å². The van der Waals surface area contributed by atoms with Crippen molar-refractivity contribution in [3.63, 3.8) is 0 Å². The van der Waals surface area contributed by atoms with Crippen molar-refractivity contribution < 1.29 is 28.6 Å². The number of methoxy groups -OCH3 is 2. The fourth-order valence-electron chi connectivity index (χ4n) is 3.61. The van der Waals surface area contributed by atoms with Gasteiger partial charge in [-0.3, -0.25) is 14.4 Å². The van der Waals surface area contributed by atoms with E-state index >= 15 is 0 Å². The predicted molar refractivity (Wildman–Crippen MR) is 141 cm³/mol. The lowest BCUT2D eigenvalue weighted by Crippen LogP contribution is -2.41. The number of hydrogen-bond acceptors (Lipinski definition) is 6. The summed E-state index contributed by atoms with van der Waals surface area (Å²) in [5, 5.41) is 1.32. The van der Waals surface area contributed by atoms with Gasteiger partial charge in [-0.15, -0.1) is 13.2 Å². The van der Waals surface area contributed by atoms with Crippen molar-refractivity contribution in [2.75, 3.05) is 25.9 Å². The topological polar surface area (TPSA) is 74.3 Å². The van der Waals surface area contributed by atoms with Crippen molar-refractivity contribution in [2.45, 2.75) is 50.7 Å². The highest BCUT2D eigenvalue weighted by Crippen LogP contribution is 2.29. The maximum Gasteiger partial charge on any atom is 0.305 e. The zero-order valence-electron chi connectivity index (χ0n) is 21.3. The van der Waals surface area contributed by atoms with Crippen LogP contribution in [-0.4, -0.2) is 38.8 Å². The van der Waals surface area contributed by atoms with Gasteiger partial charge in [-0.05, 0) is 49.1 Å². The first-order valence-corrected chi connectivity index (χ1v) is 12.1. The van der Waals surface area contributed by atoms with Gasteiger partial charge in [0.1, 0.15) is 18.0 Å². The van der Waals surface area contributed by atoms with Crippen LogP contribution >= 0.6 is 0 Å². The third-order valence-electron chi connectivity index (χ3n) is 5.56. The number of anilines is 1. The van der Waals surface area contributed by atoms with Crippen molar-refractivity contribution in [1.29, 1.82) is 0 Å². The summed E-state index contributed by atoms with van der Waals surface area (Å²) < 4.78 is 15.8. The molecule has 0 saturated carbocycles. The Balaban J connectivity index is 2.23. The molecule has 2 rings (SSSR count). The summed E-state index contributed by atoms with van der Waals surface area (Å²) in [5.74, 6) is 0.191. The van der Waals surface area contributed by atoms with Crippen molar-refractivity contribution in [3.8, 4) is 5.75 Å². The fraction of sp³-hybridized carbons (Fsp3) is 0.379. The normalized spacial score (nSPS) is 12.3. The van der Waals surface area contributed by atoms with Crippen LogP contribution in [0.2, 0.25) is 0 Å². The van der Waals surface area contributed by atoms with Gasteiger partial charge >= 0.3 is 5.97 Å². The first-order valence-electron chi connectivity index (χ1n) is 12.1. The number of nitrogens with zero attached hydrogens (tertiary/aromatic N) is 1. The standard InChI is InChI=1S/C29H37NO6/c1-5-13-26(23-18-20-25(33-3)21-19-23)36-30(24-14-9-7-10-15-24)29(32)27(35-22-6-2)16-11-8-12-17-28(31)34-4/h5-7,9-10,14-15,18-21,26-27H,1-2,8,11-13,16-17,22H2,3-4H3. The highest BCUT2D eigenvalue weighted by molar-refractivity contribution is 5.94. The van der Waals surface area contributed by atoms with Gasteiger partial charge in [0.15, 0.2) is 0 Å². The fourth-order valence-corrected chi connectivity index (χ4v) is 3.61. The Morgan fingerprint density at radius 3 is 2.28 bits per heavy atom. The summed E-state index contributed by atoms with van der Waals surface area (Å²) in [4.78, 5) is 31.5. The smallest absolute Gasteiger partial charge is 0.305 e. The number of rotatable bonds is 17. The summed E-state index contributed by atoms with van der Waals surface area (Å²) in [7, 11) is 2.99. The summed E-state index contributed by atoms with van der Waals surface area (Å²) >= 11 is 0. The quantitative estimate of drug-likeness (QED) is 0.116. The SMILES string of the molecule is C=CCOC(CCCCCC(=O)OC)C(=O)N(OC(CC=C)c1ccc(OC)cc1)c1ccccc1. The van der Waals surface area contributed by atoms with Crippen molar-refractivity contribution in [2.24, 2.45) is 0 Å². The third kappa shape index (κ3) is 9.32. The van der Waals surface area contributed by atoms with E-state index in [-0.39, 0.29) is 18.5 Å². The Hall–Kier alpha value is -3.42. The van der Waals surface area contributed by atoms with Crippen LogP contribution in [0.1, 0.15) is 50.2 Å². The first-order chi connectivity index (χ1) is 17.5. The lowest BCUT2D eigenvalue weighted by molar-refractivity contribution is -0.141. The number of para-hydroxylation sites is 1. The molecule has 0 heterocycles. The molecule has 0 aliphatic rings. The van der Waals surface area contributed by atoms with E-state index in [0.717, 1.165) is 17.7 Å². The molecular weight excluding hydrogens is 458 g/mol. The molecule has 2 atom stereocenters.